The summed E-state index contributed by atoms with van der Waals surface area (Å²) in [7, 11) is 1.52. The predicted octanol–water partition coefficient (Wildman–Crippen LogP) is 3.61. The molecule has 3 rings (SSSR count). The molecule has 1 aromatic heterocycles. The fourth-order valence-corrected chi connectivity index (χ4v) is 3.55. The number of methoxy groups -OCH3 is 1. The molecule has 0 spiro atoms. The van der Waals surface area contributed by atoms with Crippen LogP contribution in [0.5, 0.6) is 5.75 Å². The molecule has 0 saturated heterocycles. The Morgan fingerprint density at radius 1 is 1.45 bits per heavy atom. The minimum atomic E-state index is -0.0781. The largest absolute Gasteiger partial charge is 0.496 e. The number of nitrogens with zero attached hydrogens (tertiary/aromatic N) is 1. The van der Waals surface area contributed by atoms with E-state index in [0.717, 1.165) is 6.42 Å². The molecular weight excluding hydrogens is 343 g/mol. The van der Waals surface area contributed by atoms with E-state index in [1.165, 1.54) is 17.6 Å². The minimum Gasteiger partial charge on any atom is -0.496 e. The predicted molar refractivity (Wildman–Crippen MR) is 92.4 cm³/mol. The number of ether oxygens (including phenoxy) is 1. The third kappa shape index (κ3) is 3.02. The summed E-state index contributed by atoms with van der Waals surface area (Å²) >= 11 is 7.79. The first-order valence-corrected chi connectivity index (χ1v) is 7.83. The summed E-state index contributed by atoms with van der Waals surface area (Å²) in [4.78, 5) is 15.9. The summed E-state index contributed by atoms with van der Waals surface area (Å²) in [6, 6.07) is 5.25. The van der Waals surface area contributed by atoms with E-state index in [1.54, 1.807) is 23.5 Å². The Kier molecular flexibility index (Phi) is 5.21. The van der Waals surface area contributed by atoms with Crippen molar-refractivity contribution in [1.82, 2.24) is 4.90 Å². The third-order valence-corrected chi connectivity index (χ3v) is 4.99. The topological polar surface area (TPSA) is 55.6 Å². The van der Waals surface area contributed by atoms with Crippen molar-refractivity contribution in [2.24, 2.45) is 0 Å². The normalized spacial score (nSPS) is 13.3. The highest BCUT2D eigenvalue weighted by Crippen LogP contribution is 2.31. The van der Waals surface area contributed by atoms with Crippen LogP contribution in [0.15, 0.2) is 23.6 Å². The van der Waals surface area contributed by atoms with Gasteiger partial charge in [0, 0.05) is 24.0 Å². The Labute approximate surface area is 144 Å². The average molecular weight is 359 g/mol. The average Bonchev–Trinajstić information content (AvgIpc) is 2.96. The fourth-order valence-electron chi connectivity index (χ4n) is 2.50. The molecule has 0 aliphatic carbocycles. The summed E-state index contributed by atoms with van der Waals surface area (Å²) in [6.45, 7) is 1.33. The zero-order chi connectivity index (χ0) is 15.0. The summed E-state index contributed by atoms with van der Waals surface area (Å²) < 4.78 is 5.26. The van der Waals surface area contributed by atoms with Gasteiger partial charge < -0.3 is 15.4 Å². The van der Waals surface area contributed by atoms with E-state index in [2.05, 4.69) is 11.4 Å². The molecule has 0 bridgehead atoms. The SMILES string of the molecule is COc1cc(N)c(Cl)cc1C(=O)N1CCc2sccc2C1.Cl. The molecule has 0 radical (unpaired) electrons. The van der Waals surface area contributed by atoms with Gasteiger partial charge in [-0.1, -0.05) is 11.6 Å². The monoisotopic (exact) mass is 358 g/mol. The second kappa shape index (κ2) is 6.77. The molecule has 1 amide bonds. The van der Waals surface area contributed by atoms with Crippen LogP contribution in [0, 0.1) is 0 Å². The van der Waals surface area contributed by atoms with Crippen LogP contribution in [-0.4, -0.2) is 24.5 Å². The number of fused-ring (bicyclic) bond motifs is 1. The Balaban J connectivity index is 0.00000176. The number of nitrogens with two attached hydrogens (primary N) is 1. The number of hydrogen-bond acceptors (Lipinski definition) is 4. The Hall–Kier alpha value is -1.43. The first-order valence-electron chi connectivity index (χ1n) is 6.57. The van der Waals surface area contributed by atoms with Crippen LogP contribution >= 0.6 is 35.3 Å². The molecule has 2 aromatic rings. The van der Waals surface area contributed by atoms with E-state index in [0.29, 0.717) is 35.1 Å². The third-order valence-electron chi connectivity index (χ3n) is 3.64. The van der Waals surface area contributed by atoms with Crippen LogP contribution in [0.3, 0.4) is 0 Å². The van der Waals surface area contributed by atoms with Gasteiger partial charge in [0.05, 0.1) is 23.4 Å². The van der Waals surface area contributed by atoms with Gasteiger partial charge in [-0.2, -0.15) is 0 Å². The maximum absolute atomic E-state index is 12.7. The number of thiophene rings is 1. The van der Waals surface area contributed by atoms with E-state index < -0.39 is 0 Å². The Morgan fingerprint density at radius 3 is 2.95 bits per heavy atom. The van der Waals surface area contributed by atoms with Crippen molar-refractivity contribution in [1.29, 1.82) is 0 Å². The number of rotatable bonds is 2. The standard InChI is InChI=1S/C15H15ClN2O2S.ClH/c1-20-13-7-12(17)11(16)6-10(13)15(19)18-4-2-14-9(8-18)3-5-21-14;/h3,5-7H,2,4,8,17H2,1H3;1H. The van der Waals surface area contributed by atoms with Crippen LogP contribution in [0.4, 0.5) is 5.69 Å². The highest BCUT2D eigenvalue weighted by atomic mass is 35.5. The number of nitrogen functional groups attached to an aromatic ring is 1. The molecule has 4 nitrogen and oxygen atoms in total. The van der Waals surface area contributed by atoms with Crippen molar-refractivity contribution in [2.75, 3.05) is 19.4 Å². The van der Waals surface area contributed by atoms with Gasteiger partial charge in [0.25, 0.3) is 5.91 Å². The number of amides is 1. The number of carbonyl (C=O) groups excluding carboxylic acids is 1. The number of halogens is 2. The van der Waals surface area contributed by atoms with E-state index in [-0.39, 0.29) is 18.3 Å². The van der Waals surface area contributed by atoms with Crippen molar-refractivity contribution in [3.05, 3.63) is 44.6 Å². The van der Waals surface area contributed by atoms with Crippen LogP contribution in [0.2, 0.25) is 5.02 Å². The lowest BCUT2D eigenvalue weighted by molar-refractivity contribution is 0.0732. The van der Waals surface area contributed by atoms with Gasteiger partial charge in [-0.3, -0.25) is 4.79 Å². The van der Waals surface area contributed by atoms with Gasteiger partial charge in [0.15, 0.2) is 0 Å². The summed E-state index contributed by atoms with van der Waals surface area (Å²) in [5.41, 5.74) is 7.84. The molecular formula is C15H16Cl2N2O2S. The molecule has 1 aliphatic heterocycles. The van der Waals surface area contributed by atoms with E-state index in [1.807, 2.05) is 4.90 Å². The van der Waals surface area contributed by atoms with Gasteiger partial charge in [0.1, 0.15) is 5.75 Å². The maximum Gasteiger partial charge on any atom is 0.257 e. The second-order valence-corrected chi connectivity index (χ2v) is 6.33. The number of hydrogen-bond donors (Lipinski definition) is 1. The molecule has 2 N–H and O–H groups in total. The zero-order valence-electron chi connectivity index (χ0n) is 12.0. The summed E-state index contributed by atoms with van der Waals surface area (Å²) in [5.74, 6) is 0.378. The lowest BCUT2D eigenvalue weighted by Gasteiger charge is -2.27. The van der Waals surface area contributed by atoms with Gasteiger partial charge in [0.2, 0.25) is 0 Å². The van der Waals surface area contributed by atoms with Crippen molar-refractivity contribution in [2.45, 2.75) is 13.0 Å². The van der Waals surface area contributed by atoms with Gasteiger partial charge in [-0.05, 0) is 29.5 Å². The smallest absolute Gasteiger partial charge is 0.257 e. The van der Waals surface area contributed by atoms with Crippen LogP contribution < -0.4 is 10.5 Å². The number of carbonyl (C=O) groups is 1. The van der Waals surface area contributed by atoms with Crippen molar-refractivity contribution in [3.8, 4) is 5.75 Å². The summed E-state index contributed by atoms with van der Waals surface area (Å²) in [6.07, 6.45) is 0.893. The molecule has 0 unspecified atom stereocenters. The molecule has 7 heteroatoms. The lowest BCUT2D eigenvalue weighted by Crippen LogP contribution is -2.35. The number of benzene rings is 1. The Bertz CT molecular complexity index is 703. The van der Waals surface area contributed by atoms with E-state index >= 15 is 0 Å². The first kappa shape index (κ1) is 16.9. The molecule has 118 valence electrons. The minimum absolute atomic E-state index is 0. The van der Waals surface area contributed by atoms with Crippen molar-refractivity contribution < 1.29 is 9.53 Å². The lowest BCUT2D eigenvalue weighted by atomic mass is 10.1. The molecule has 0 atom stereocenters. The van der Waals surface area contributed by atoms with Crippen LogP contribution in [-0.2, 0) is 13.0 Å². The summed E-state index contributed by atoms with van der Waals surface area (Å²) in [5, 5.41) is 2.44. The molecule has 1 aromatic carbocycles. The fraction of sp³-hybridized carbons (Fsp3) is 0.267. The van der Waals surface area contributed by atoms with Crippen LogP contribution in [0.25, 0.3) is 0 Å². The quantitative estimate of drug-likeness (QED) is 0.834. The molecule has 0 saturated carbocycles. The van der Waals surface area contributed by atoms with E-state index in [4.69, 9.17) is 22.1 Å². The Morgan fingerprint density at radius 2 is 2.23 bits per heavy atom. The molecule has 1 aliphatic rings. The molecule has 22 heavy (non-hydrogen) atoms. The van der Waals surface area contributed by atoms with Gasteiger partial charge >= 0.3 is 0 Å². The molecule has 2 heterocycles. The zero-order valence-corrected chi connectivity index (χ0v) is 14.4. The van der Waals surface area contributed by atoms with Gasteiger partial charge in [-0.25, -0.2) is 0 Å². The van der Waals surface area contributed by atoms with Crippen LogP contribution in [0.1, 0.15) is 20.8 Å². The first-order chi connectivity index (χ1) is 10.1. The van der Waals surface area contributed by atoms with E-state index in [9.17, 15) is 4.79 Å². The maximum atomic E-state index is 12.7. The van der Waals surface area contributed by atoms with Crippen molar-refractivity contribution in [3.63, 3.8) is 0 Å². The highest BCUT2D eigenvalue weighted by Gasteiger charge is 2.25. The highest BCUT2D eigenvalue weighted by molar-refractivity contribution is 7.10. The second-order valence-electron chi connectivity index (χ2n) is 4.92. The molecule has 0 fully saturated rings. The number of anilines is 1. The van der Waals surface area contributed by atoms with Crippen molar-refractivity contribution >= 4 is 46.9 Å². The van der Waals surface area contributed by atoms with Gasteiger partial charge in [-0.15, -0.1) is 23.7 Å².